The summed E-state index contributed by atoms with van der Waals surface area (Å²) in [4.78, 5) is 0.884. The molecule has 0 heterocycles. The summed E-state index contributed by atoms with van der Waals surface area (Å²) < 4.78 is 12.3. The fraction of sp³-hybridized carbons (Fsp3) is 0. The zero-order valence-corrected chi connectivity index (χ0v) is 8.92. The number of hydrogen-bond acceptors (Lipinski definition) is 1. The Morgan fingerprint density at radius 3 is 1.79 bits per heavy atom. The van der Waals surface area contributed by atoms with E-state index in [4.69, 9.17) is 0 Å². The van der Waals surface area contributed by atoms with Gasteiger partial charge in [0.05, 0.1) is 0 Å². The van der Waals surface area contributed by atoms with Gasteiger partial charge >= 0.3 is 0 Å². The first-order valence-corrected chi connectivity index (χ1v) is 5.03. The van der Waals surface area contributed by atoms with E-state index in [0.29, 0.717) is 0 Å². The van der Waals surface area contributed by atoms with Crippen LogP contribution in [0.15, 0.2) is 29.2 Å². The third-order valence-electron chi connectivity index (χ3n) is 0.885. The zero-order chi connectivity index (χ0) is 6.69. The molecule has 0 aliphatic carbocycles. The molecular weight excluding hydrogens is 298 g/mol. The van der Waals surface area contributed by atoms with E-state index < -0.39 is 0 Å². The molecule has 14 heavy (non-hydrogen) atoms. The van der Waals surface area contributed by atoms with Crippen LogP contribution in [0, 0.1) is 5.82 Å². The second-order valence-electron chi connectivity index (χ2n) is 1.53. The fourth-order valence-electron chi connectivity index (χ4n) is 0.515. The van der Waals surface area contributed by atoms with Crippen molar-refractivity contribution >= 4 is 25.0 Å². The minimum atomic E-state index is -0.195. The van der Waals surface area contributed by atoms with Gasteiger partial charge in [0.1, 0.15) is 5.82 Å². The molecule has 1 aromatic carbocycles. The van der Waals surface area contributed by atoms with Gasteiger partial charge in [-0.3, -0.25) is 23.5 Å². The van der Waals surface area contributed by atoms with E-state index in [1.54, 1.807) is 6.07 Å². The van der Waals surface area contributed by atoms with E-state index in [2.05, 4.69) is 14.8 Å². The molecule has 0 aliphatic rings. The molecule has 1 rings (SSSR count). The molecule has 0 N–H and O–H groups in total. The molecular formula is C6H9BrF6S. The molecule has 0 unspecified atom stereocenters. The highest BCUT2D eigenvalue weighted by molar-refractivity contribution is 9.50. The molecule has 0 amide bonds. The van der Waals surface area contributed by atoms with E-state index in [1.165, 1.54) is 22.3 Å². The largest absolute Gasteiger partial charge is 0.269 e. The molecule has 0 aromatic heterocycles. The quantitative estimate of drug-likeness (QED) is 0.707. The Kier molecular flexibility index (Phi) is 31.5. The summed E-state index contributed by atoms with van der Waals surface area (Å²) >= 11 is 3.14. The SMILES string of the molecule is F.F.F.F.F.Fc1cccc(SBr)c1. The predicted molar refractivity (Wildman–Crippen MR) is 53.7 cm³/mol. The highest BCUT2D eigenvalue weighted by atomic mass is 79.9. The standard InChI is InChI=1S/C6H4BrFS.5FH/c7-9-6-3-1-2-5(8)4-6;;;;;/h1-4H;5*1H. The van der Waals surface area contributed by atoms with Gasteiger partial charge < -0.3 is 0 Å². The van der Waals surface area contributed by atoms with E-state index in [1.807, 2.05) is 6.07 Å². The molecule has 0 aliphatic heterocycles. The van der Waals surface area contributed by atoms with Crippen LogP contribution >= 0.6 is 25.0 Å². The van der Waals surface area contributed by atoms with Crippen LogP contribution in [0.3, 0.4) is 0 Å². The molecule has 0 saturated heterocycles. The monoisotopic (exact) mass is 306 g/mol. The third-order valence-corrected chi connectivity index (χ3v) is 2.44. The minimum Gasteiger partial charge on any atom is -0.269 e. The van der Waals surface area contributed by atoms with Crippen LogP contribution in [0.25, 0.3) is 0 Å². The lowest BCUT2D eigenvalue weighted by Gasteiger charge is -1.90. The summed E-state index contributed by atoms with van der Waals surface area (Å²) in [6, 6.07) is 6.41. The average Bonchev–Trinajstić information content (AvgIpc) is 1.88. The van der Waals surface area contributed by atoms with Crippen molar-refractivity contribution in [3.63, 3.8) is 0 Å². The van der Waals surface area contributed by atoms with Gasteiger partial charge in [0, 0.05) is 4.90 Å². The Morgan fingerprint density at radius 1 is 1.00 bits per heavy atom. The average molecular weight is 307 g/mol. The number of halogens is 7. The molecule has 1 aromatic rings. The second kappa shape index (κ2) is 15.1. The number of hydrogen-bond donors (Lipinski definition) is 0. The Morgan fingerprint density at radius 2 is 1.50 bits per heavy atom. The third kappa shape index (κ3) is 9.72. The first-order chi connectivity index (χ1) is 4.33. The molecule has 0 saturated carbocycles. The van der Waals surface area contributed by atoms with Crippen LogP contribution in [-0.2, 0) is 0 Å². The molecule has 8 heteroatoms. The van der Waals surface area contributed by atoms with Crippen LogP contribution in [0.1, 0.15) is 0 Å². The van der Waals surface area contributed by atoms with Crippen molar-refractivity contribution in [2.45, 2.75) is 4.90 Å². The molecule has 0 radical (unpaired) electrons. The molecule has 0 atom stereocenters. The first kappa shape index (κ1) is 29.2. The summed E-state index contributed by atoms with van der Waals surface area (Å²) in [5, 5.41) is 0. The minimum absolute atomic E-state index is 0. The lowest BCUT2D eigenvalue weighted by molar-refractivity contribution is 0.624. The van der Waals surface area contributed by atoms with Crippen molar-refractivity contribution < 1.29 is 27.9 Å². The summed E-state index contributed by atoms with van der Waals surface area (Å²) in [7, 11) is 1.36. The first-order valence-electron chi connectivity index (χ1n) is 2.37. The van der Waals surface area contributed by atoms with Crippen LogP contribution in [0.2, 0.25) is 0 Å². The smallest absolute Gasteiger partial charge is 0.124 e. The van der Waals surface area contributed by atoms with Gasteiger partial charge in [-0.2, -0.15) is 0 Å². The number of rotatable bonds is 1. The topological polar surface area (TPSA) is 0 Å². The van der Waals surface area contributed by atoms with Gasteiger partial charge in [0.25, 0.3) is 0 Å². The Bertz CT molecular complexity index is 211. The maximum Gasteiger partial charge on any atom is 0.124 e. The van der Waals surface area contributed by atoms with Crippen molar-refractivity contribution in [1.29, 1.82) is 0 Å². The van der Waals surface area contributed by atoms with Gasteiger partial charge in [-0.1, -0.05) is 6.07 Å². The molecule has 0 spiro atoms. The molecule has 88 valence electrons. The summed E-state index contributed by atoms with van der Waals surface area (Å²) in [6.07, 6.45) is 0. The van der Waals surface area contributed by atoms with Crippen molar-refractivity contribution in [1.82, 2.24) is 0 Å². The zero-order valence-electron chi connectivity index (χ0n) is 6.51. The van der Waals surface area contributed by atoms with Gasteiger partial charge in [-0.05, 0) is 43.2 Å². The van der Waals surface area contributed by atoms with E-state index in [9.17, 15) is 4.39 Å². The van der Waals surface area contributed by atoms with Crippen molar-refractivity contribution in [2.24, 2.45) is 0 Å². The van der Waals surface area contributed by atoms with Gasteiger partial charge in [0.2, 0.25) is 0 Å². The summed E-state index contributed by atoms with van der Waals surface area (Å²) in [6.45, 7) is 0. The second-order valence-corrected chi connectivity index (χ2v) is 3.13. The Balaban J connectivity index is -0.0000000540. The highest BCUT2D eigenvalue weighted by Gasteiger charge is 1.90. The number of benzene rings is 1. The van der Waals surface area contributed by atoms with Crippen molar-refractivity contribution in [3.05, 3.63) is 30.1 Å². The van der Waals surface area contributed by atoms with Gasteiger partial charge in [-0.25, -0.2) is 4.39 Å². The maximum atomic E-state index is 12.3. The van der Waals surface area contributed by atoms with Crippen LogP contribution < -0.4 is 0 Å². The fourth-order valence-corrected chi connectivity index (χ4v) is 1.41. The Hall–Kier alpha value is -0.370. The van der Waals surface area contributed by atoms with Gasteiger partial charge in [-0.15, -0.1) is 0 Å². The van der Waals surface area contributed by atoms with Crippen LogP contribution in [-0.4, -0.2) is 0 Å². The maximum absolute atomic E-state index is 12.3. The van der Waals surface area contributed by atoms with Gasteiger partial charge in [0.15, 0.2) is 0 Å². The lowest BCUT2D eigenvalue weighted by Crippen LogP contribution is -1.70. The lowest BCUT2D eigenvalue weighted by atomic mass is 10.4. The summed E-state index contributed by atoms with van der Waals surface area (Å²) in [5.41, 5.74) is 0. The normalized spacial score (nSPS) is 6.14. The summed E-state index contributed by atoms with van der Waals surface area (Å²) in [5.74, 6) is -0.195. The highest BCUT2D eigenvalue weighted by Crippen LogP contribution is 2.23. The van der Waals surface area contributed by atoms with Crippen LogP contribution in [0.4, 0.5) is 27.9 Å². The predicted octanol–water partition coefficient (Wildman–Crippen LogP) is 3.99. The van der Waals surface area contributed by atoms with Crippen molar-refractivity contribution in [2.75, 3.05) is 0 Å². The molecule has 0 nitrogen and oxygen atoms in total. The van der Waals surface area contributed by atoms with E-state index >= 15 is 0 Å². The molecule has 0 bridgehead atoms. The van der Waals surface area contributed by atoms with Crippen LogP contribution in [0.5, 0.6) is 0 Å². The Labute approximate surface area is 88.3 Å². The van der Waals surface area contributed by atoms with Crippen molar-refractivity contribution in [3.8, 4) is 0 Å². The van der Waals surface area contributed by atoms with E-state index in [-0.39, 0.29) is 29.3 Å². The molecule has 0 fully saturated rings. The van der Waals surface area contributed by atoms with E-state index in [0.717, 1.165) is 4.90 Å².